The summed E-state index contributed by atoms with van der Waals surface area (Å²) >= 11 is 0. The smallest absolute Gasteiger partial charge is 0.317 e. The molecule has 1 heterocycles. The molecular formula is C22H28N2O5. The first kappa shape index (κ1) is 20.8. The molecule has 2 aromatic carbocycles. The molecule has 0 saturated carbocycles. The highest BCUT2D eigenvalue weighted by Gasteiger charge is 2.24. The molecule has 29 heavy (non-hydrogen) atoms. The van der Waals surface area contributed by atoms with Gasteiger partial charge in [-0.1, -0.05) is 30.3 Å². The van der Waals surface area contributed by atoms with E-state index in [1.807, 2.05) is 55.5 Å². The topological polar surface area (TPSA) is 69.3 Å². The van der Waals surface area contributed by atoms with Crippen molar-refractivity contribution >= 4 is 6.03 Å². The van der Waals surface area contributed by atoms with E-state index in [1.165, 1.54) is 0 Å². The summed E-state index contributed by atoms with van der Waals surface area (Å²) in [6.07, 6.45) is -0.208. The molecule has 156 valence electrons. The average molecular weight is 400 g/mol. The van der Waals surface area contributed by atoms with Crippen molar-refractivity contribution in [1.82, 2.24) is 10.2 Å². The fraction of sp³-hybridized carbons (Fsp3) is 0.409. The third-order valence-electron chi connectivity index (χ3n) is 4.61. The number of rotatable bonds is 9. The zero-order valence-electron chi connectivity index (χ0n) is 16.9. The van der Waals surface area contributed by atoms with E-state index in [9.17, 15) is 4.79 Å². The molecule has 1 atom stereocenters. The Kier molecular flexibility index (Phi) is 7.58. The SMILES string of the molecule is CCN(C[C@@H]1COc2ccccc2O1)C(=O)NCc1ccccc1OCCOC. The number of para-hydroxylation sites is 3. The van der Waals surface area contributed by atoms with Crippen LogP contribution in [0.2, 0.25) is 0 Å². The molecule has 0 saturated heterocycles. The Balaban J connectivity index is 1.53. The Hall–Kier alpha value is -2.93. The lowest BCUT2D eigenvalue weighted by Crippen LogP contribution is -2.47. The minimum Gasteiger partial charge on any atom is -0.491 e. The van der Waals surface area contributed by atoms with Crippen molar-refractivity contribution in [1.29, 1.82) is 0 Å². The van der Waals surface area contributed by atoms with E-state index in [0.29, 0.717) is 45.2 Å². The molecule has 7 nitrogen and oxygen atoms in total. The Morgan fingerprint density at radius 3 is 2.69 bits per heavy atom. The third kappa shape index (κ3) is 5.77. The molecule has 2 aromatic rings. The molecule has 3 rings (SSSR count). The fourth-order valence-corrected chi connectivity index (χ4v) is 3.06. The van der Waals surface area contributed by atoms with Crippen molar-refractivity contribution in [3.8, 4) is 17.2 Å². The van der Waals surface area contributed by atoms with Gasteiger partial charge in [0.2, 0.25) is 0 Å². The van der Waals surface area contributed by atoms with E-state index in [4.69, 9.17) is 18.9 Å². The van der Waals surface area contributed by atoms with Gasteiger partial charge in [-0.25, -0.2) is 4.79 Å². The molecule has 0 bridgehead atoms. The third-order valence-corrected chi connectivity index (χ3v) is 4.61. The fourth-order valence-electron chi connectivity index (χ4n) is 3.06. The molecule has 1 aliphatic heterocycles. The van der Waals surface area contributed by atoms with Crippen LogP contribution in [-0.2, 0) is 11.3 Å². The number of ether oxygens (including phenoxy) is 4. The number of hydrogen-bond acceptors (Lipinski definition) is 5. The van der Waals surface area contributed by atoms with Crippen molar-refractivity contribution < 1.29 is 23.7 Å². The summed E-state index contributed by atoms with van der Waals surface area (Å²) in [4.78, 5) is 14.4. The number of carbonyl (C=O) groups is 1. The van der Waals surface area contributed by atoms with Gasteiger partial charge in [0.15, 0.2) is 17.6 Å². The van der Waals surface area contributed by atoms with Crippen molar-refractivity contribution in [2.75, 3.05) is 40.0 Å². The number of carbonyl (C=O) groups excluding carboxylic acids is 1. The summed E-state index contributed by atoms with van der Waals surface area (Å²) in [5.74, 6) is 2.19. The summed E-state index contributed by atoms with van der Waals surface area (Å²) in [6.45, 7) is 4.72. The van der Waals surface area contributed by atoms with E-state index in [0.717, 1.165) is 17.1 Å². The second-order valence-electron chi connectivity index (χ2n) is 6.64. The van der Waals surface area contributed by atoms with Crippen LogP contribution in [-0.4, -0.2) is 57.1 Å². The Labute approximate surface area is 171 Å². The van der Waals surface area contributed by atoms with E-state index >= 15 is 0 Å². The van der Waals surface area contributed by atoms with Crippen molar-refractivity contribution in [2.45, 2.75) is 19.6 Å². The van der Waals surface area contributed by atoms with Gasteiger partial charge < -0.3 is 29.2 Å². The number of likely N-dealkylation sites (N-methyl/N-ethyl adjacent to an activating group) is 1. The normalized spacial score (nSPS) is 14.9. The van der Waals surface area contributed by atoms with Crippen molar-refractivity contribution in [2.24, 2.45) is 0 Å². The molecule has 0 spiro atoms. The van der Waals surface area contributed by atoms with E-state index in [1.54, 1.807) is 12.0 Å². The van der Waals surface area contributed by atoms with Gasteiger partial charge in [-0.3, -0.25) is 0 Å². The van der Waals surface area contributed by atoms with Crippen LogP contribution in [0.5, 0.6) is 17.2 Å². The molecule has 0 aliphatic carbocycles. The van der Waals surface area contributed by atoms with Gasteiger partial charge in [-0.15, -0.1) is 0 Å². The molecule has 0 unspecified atom stereocenters. The largest absolute Gasteiger partial charge is 0.491 e. The Bertz CT molecular complexity index is 798. The van der Waals surface area contributed by atoms with E-state index in [-0.39, 0.29) is 12.1 Å². The number of urea groups is 1. The van der Waals surface area contributed by atoms with Crippen LogP contribution >= 0.6 is 0 Å². The van der Waals surface area contributed by atoms with Crippen molar-refractivity contribution in [3.63, 3.8) is 0 Å². The molecule has 0 aromatic heterocycles. The van der Waals surface area contributed by atoms with Crippen LogP contribution in [0.4, 0.5) is 4.79 Å². The molecule has 7 heteroatoms. The minimum atomic E-state index is -0.208. The van der Waals surface area contributed by atoms with Crippen LogP contribution in [0.25, 0.3) is 0 Å². The summed E-state index contributed by atoms with van der Waals surface area (Å²) in [5, 5.41) is 2.97. The molecule has 1 aliphatic rings. The van der Waals surface area contributed by atoms with Gasteiger partial charge in [-0.2, -0.15) is 0 Å². The van der Waals surface area contributed by atoms with Crippen LogP contribution in [0.1, 0.15) is 12.5 Å². The number of amides is 2. The monoisotopic (exact) mass is 400 g/mol. The van der Waals surface area contributed by atoms with E-state index in [2.05, 4.69) is 5.32 Å². The first-order valence-corrected chi connectivity index (χ1v) is 9.82. The maximum atomic E-state index is 12.7. The molecule has 0 fully saturated rings. The second-order valence-corrected chi connectivity index (χ2v) is 6.64. The van der Waals surface area contributed by atoms with Gasteiger partial charge in [0.05, 0.1) is 13.2 Å². The zero-order valence-corrected chi connectivity index (χ0v) is 16.9. The Morgan fingerprint density at radius 2 is 1.90 bits per heavy atom. The van der Waals surface area contributed by atoms with Gasteiger partial charge in [0.1, 0.15) is 19.0 Å². The maximum Gasteiger partial charge on any atom is 0.317 e. The molecule has 1 N–H and O–H groups in total. The summed E-state index contributed by atoms with van der Waals surface area (Å²) < 4.78 is 22.5. The Morgan fingerprint density at radius 1 is 1.14 bits per heavy atom. The standard InChI is InChI=1S/C22H28N2O5/c1-3-24(15-18-16-28-20-10-6-7-11-21(20)29-18)22(25)23-14-17-8-4-5-9-19(17)27-13-12-26-2/h4-11,18H,3,12-16H2,1-2H3,(H,23,25)/t18-/m1/s1. The number of fused-ring (bicyclic) bond motifs is 1. The zero-order chi connectivity index (χ0) is 20.5. The number of methoxy groups -OCH3 is 1. The minimum absolute atomic E-state index is 0.151. The average Bonchev–Trinajstić information content (AvgIpc) is 2.76. The second kappa shape index (κ2) is 10.6. The molecule has 2 amide bonds. The summed E-state index contributed by atoms with van der Waals surface area (Å²) in [5.41, 5.74) is 0.916. The van der Waals surface area contributed by atoms with Crippen LogP contribution in [0, 0.1) is 0 Å². The first-order valence-electron chi connectivity index (χ1n) is 9.82. The first-order chi connectivity index (χ1) is 14.2. The number of hydrogen-bond donors (Lipinski definition) is 1. The lowest BCUT2D eigenvalue weighted by atomic mass is 10.2. The quantitative estimate of drug-likeness (QED) is 0.655. The van der Waals surface area contributed by atoms with Gasteiger partial charge in [0.25, 0.3) is 0 Å². The molecule has 0 radical (unpaired) electrons. The van der Waals surface area contributed by atoms with Gasteiger partial charge >= 0.3 is 6.03 Å². The maximum absolute atomic E-state index is 12.7. The highest BCUT2D eigenvalue weighted by Crippen LogP contribution is 2.31. The number of nitrogens with one attached hydrogen (secondary N) is 1. The van der Waals surface area contributed by atoms with Crippen LogP contribution < -0.4 is 19.5 Å². The summed E-state index contributed by atoms with van der Waals surface area (Å²) in [6, 6.07) is 15.1. The van der Waals surface area contributed by atoms with E-state index < -0.39 is 0 Å². The highest BCUT2D eigenvalue weighted by atomic mass is 16.6. The molecular weight excluding hydrogens is 372 g/mol. The lowest BCUT2D eigenvalue weighted by Gasteiger charge is -2.31. The highest BCUT2D eigenvalue weighted by molar-refractivity contribution is 5.74. The lowest BCUT2D eigenvalue weighted by molar-refractivity contribution is 0.0675. The van der Waals surface area contributed by atoms with Gasteiger partial charge in [0, 0.05) is 25.8 Å². The van der Waals surface area contributed by atoms with Crippen molar-refractivity contribution in [3.05, 3.63) is 54.1 Å². The summed E-state index contributed by atoms with van der Waals surface area (Å²) in [7, 11) is 1.63. The van der Waals surface area contributed by atoms with Gasteiger partial charge in [-0.05, 0) is 25.1 Å². The number of nitrogens with zero attached hydrogens (tertiary/aromatic N) is 1. The predicted molar refractivity (Wildman–Crippen MR) is 110 cm³/mol. The van der Waals surface area contributed by atoms with Crippen LogP contribution in [0.15, 0.2) is 48.5 Å². The predicted octanol–water partition coefficient (Wildman–Crippen LogP) is 3.08. The van der Waals surface area contributed by atoms with Crippen LogP contribution in [0.3, 0.4) is 0 Å². The number of benzene rings is 2.